The summed E-state index contributed by atoms with van der Waals surface area (Å²) in [6.45, 7) is 3.42. The van der Waals surface area contributed by atoms with E-state index in [0.29, 0.717) is 0 Å². The van der Waals surface area contributed by atoms with Gasteiger partial charge in [0.25, 0.3) is 0 Å². The van der Waals surface area contributed by atoms with Gasteiger partial charge >= 0.3 is 5.97 Å². The maximum atomic E-state index is 11.8. The van der Waals surface area contributed by atoms with E-state index in [9.17, 15) is 9.59 Å². The number of carboxylic acids is 1. The number of hydrogen-bond acceptors (Lipinski definition) is 2. The molecule has 1 rings (SSSR count). The first-order chi connectivity index (χ1) is 8.56. The third-order valence-electron chi connectivity index (χ3n) is 2.86. The van der Waals surface area contributed by atoms with Gasteiger partial charge < -0.3 is 10.4 Å². The Morgan fingerprint density at radius 3 is 2.39 bits per heavy atom. The highest BCUT2D eigenvalue weighted by Crippen LogP contribution is 2.18. The molecule has 1 aromatic carbocycles. The maximum Gasteiger partial charge on any atom is 0.315 e. The van der Waals surface area contributed by atoms with E-state index in [0.717, 1.165) is 18.4 Å². The van der Waals surface area contributed by atoms with Gasteiger partial charge in [0.2, 0.25) is 5.91 Å². The molecule has 0 bridgehead atoms. The summed E-state index contributed by atoms with van der Waals surface area (Å²) >= 11 is 0. The molecule has 4 nitrogen and oxygen atoms in total. The molecule has 0 radical (unpaired) electrons. The third kappa shape index (κ3) is 3.87. The molecular weight excluding hydrogens is 230 g/mol. The average molecular weight is 249 g/mol. The highest BCUT2D eigenvalue weighted by Gasteiger charge is 2.23. The first-order valence-electron chi connectivity index (χ1n) is 6.14. The van der Waals surface area contributed by atoms with Crippen molar-refractivity contribution in [2.24, 2.45) is 5.92 Å². The Morgan fingerprint density at radius 2 is 1.89 bits per heavy atom. The minimum Gasteiger partial charge on any atom is -0.481 e. The molecule has 1 aromatic rings. The van der Waals surface area contributed by atoms with E-state index in [1.54, 1.807) is 0 Å². The van der Waals surface area contributed by atoms with Crippen molar-refractivity contribution in [1.82, 2.24) is 5.32 Å². The summed E-state index contributed by atoms with van der Waals surface area (Å²) in [5, 5.41) is 11.6. The quantitative estimate of drug-likeness (QED) is 0.761. The highest BCUT2D eigenvalue weighted by atomic mass is 16.4. The number of hydrogen-bond donors (Lipinski definition) is 2. The Kier molecular flexibility index (Phi) is 5.36. The van der Waals surface area contributed by atoms with Crippen LogP contribution >= 0.6 is 0 Å². The maximum absolute atomic E-state index is 11.8. The smallest absolute Gasteiger partial charge is 0.315 e. The molecular formula is C14H19NO3. The molecule has 0 aliphatic carbocycles. The van der Waals surface area contributed by atoms with Crippen molar-refractivity contribution < 1.29 is 14.7 Å². The van der Waals surface area contributed by atoms with E-state index in [1.807, 2.05) is 37.3 Å². The second kappa shape index (κ2) is 6.79. The van der Waals surface area contributed by atoms with E-state index in [-0.39, 0.29) is 6.04 Å². The first-order valence-corrected chi connectivity index (χ1v) is 6.14. The lowest BCUT2D eigenvalue weighted by molar-refractivity contribution is -0.146. The van der Waals surface area contributed by atoms with Gasteiger partial charge in [-0.1, -0.05) is 43.7 Å². The van der Waals surface area contributed by atoms with Crippen molar-refractivity contribution >= 4 is 11.9 Å². The molecule has 2 N–H and O–H groups in total. The van der Waals surface area contributed by atoms with E-state index in [4.69, 9.17) is 5.11 Å². The van der Waals surface area contributed by atoms with Crippen molar-refractivity contribution in [2.45, 2.75) is 32.7 Å². The fourth-order valence-corrected chi connectivity index (χ4v) is 1.71. The Balaban J connectivity index is 2.75. The van der Waals surface area contributed by atoms with Crippen LogP contribution in [0.1, 0.15) is 38.3 Å². The molecule has 2 atom stereocenters. The molecule has 0 spiro atoms. The number of carbonyl (C=O) groups is 2. The molecule has 0 heterocycles. The minimum absolute atomic E-state index is 0.120. The number of benzene rings is 1. The lowest BCUT2D eigenvalue weighted by Gasteiger charge is -2.19. The molecule has 2 unspecified atom stereocenters. The molecule has 18 heavy (non-hydrogen) atoms. The largest absolute Gasteiger partial charge is 0.481 e. The van der Waals surface area contributed by atoms with Crippen LogP contribution in [0.15, 0.2) is 30.3 Å². The molecule has 0 aliphatic heterocycles. The van der Waals surface area contributed by atoms with Gasteiger partial charge in [-0.2, -0.15) is 0 Å². The molecule has 0 saturated carbocycles. The van der Waals surface area contributed by atoms with Crippen molar-refractivity contribution in [2.75, 3.05) is 0 Å². The van der Waals surface area contributed by atoms with E-state index >= 15 is 0 Å². The van der Waals surface area contributed by atoms with Crippen LogP contribution in [-0.2, 0) is 9.59 Å². The van der Waals surface area contributed by atoms with Gasteiger partial charge in [0.05, 0.1) is 6.04 Å². The topological polar surface area (TPSA) is 66.4 Å². The van der Waals surface area contributed by atoms with Gasteiger partial charge in [0.1, 0.15) is 5.92 Å². The number of nitrogens with one attached hydrogen (secondary N) is 1. The standard InChI is InChI=1S/C14H19NO3/c1-3-7-12(11-8-5-4-6-9-11)15-13(16)10(2)14(17)18/h4-6,8-10,12H,3,7H2,1-2H3,(H,15,16)(H,17,18). The number of aliphatic carboxylic acids is 1. The zero-order chi connectivity index (χ0) is 13.5. The van der Waals surface area contributed by atoms with Crippen molar-refractivity contribution in [3.05, 3.63) is 35.9 Å². The summed E-state index contributed by atoms with van der Waals surface area (Å²) in [4.78, 5) is 22.5. The van der Waals surface area contributed by atoms with E-state index in [2.05, 4.69) is 5.32 Å². The van der Waals surface area contributed by atoms with Gasteiger partial charge in [-0.25, -0.2) is 0 Å². The van der Waals surface area contributed by atoms with Crippen LogP contribution in [0.25, 0.3) is 0 Å². The second-order valence-electron chi connectivity index (χ2n) is 4.32. The predicted molar refractivity (Wildman–Crippen MR) is 69.0 cm³/mol. The fraction of sp³-hybridized carbons (Fsp3) is 0.429. The van der Waals surface area contributed by atoms with Gasteiger partial charge in [0.15, 0.2) is 0 Å². The zero-order valence-corrected chi connectivity index (χ0v) is 10.7. The SMILES string of the molecule is CCCC(NC(=O)C(C)C(=O)O)c1ccccc1. The Bertz CT molecular complexity index is 403. The normalized spacial score (nSPS) is 13.7. The monoisotopic (exact) mass is 249 g/mol. The Hall–Kier alpha value is -1.84. The molecule has 0 aliphatic rings. The van der Waals surface area contributed by atoms with Crippen molar-refractivity contribution in [3.63, 3.8) is 0 Å². The number of carbonyl (C=O) groups excluding carboxylic acids is 1. The van der Waals surface area contributed by atoms with Crippen LogP contribution in [0, 0.1) is 5.92 Å². The zero-order valence-electron chi connectivity index (χ0n) is 10.7. The Morgan fingerprint density at radius 1 is 1.28 bits per heavy atom. The van der Waals surface area contributed by atoms with Crippen LogP contribution < -0.4 is 5.32 Å². The molecule has 0 fully saturated rings. The number of rotatable bonds is 6. The molecule has 0 saturated heterocycles. The van der Waals surface area contributed by atoms with Gasteiger partial charge in [-0.15, -0.1) is 0 Å². The molecule has 4 heteroatoms. The summed E-state index contributed by atoms with van der Waals surface area (Å²) in [5.74, 6) is -2.56. The van der Waals surface area contributed by atoms with Crippen LogP contribution in [0.5, 0.6) is 0 Å². The average Bonchev–Trinajstić information content (AvgIpc) is 2.38. The first kappa shape index (κ1) is 14.2. The van der Waals surface area contributed by atoms with Crippen LogP contribution in [0.4, 0.5) is 0 Å². The van der Waals surface area contributed by atoms with Crippen molar-refractivity contribution in [1.29, 1.82) is 0 Å². The molecule has 98 valence electrons. The second-order valence-corrected chi connectivity index (χ2v) is 4.32. The highest BCUT2D eigenvalue weighted by molar-refractivity contribution is 5.96. The predicted octanol–water partition coefficient (Wildman–Crippen LogP) is 2.36. The van der Waals surface area contributed by atoms with Crippen molar-refractivity contribution in [3.8, 4) is 0 Å². The third-order valence-corrected chi connectivity index (χ3v) is 2.86. The lowest BCUT2D eigenvalue weighted by Crippen LogP contribution is -2.36. The van der Waals surface area contributed by atoms with E-state index < -0.39 is 17.8 Å². The summed E-state index contributed by atoms with van der Waals surface area (Å²) in [6, 6.07) is 9.48. The number of carboxylic acid groups (broad SMARTS) is 1. The molecule has 0 aromatic heterocycles. The van der Waals surface area contributed by atoms with Crippen LogP contribution in [-0.4, -0.2) is 17.0 Å². The fourth-order valence-electron chi connectivity index (χ4n) is 1.71. The molecule has 1 amide bonds. The van der Waals surface area contributed by atoms with Gasteiger partial charge in [0, 0.05) is 0 Å². The van der Waals surface area contributed by atoms with Crippen LogP contribution in [0.2, 0.25) is 0 Å². The van der Waals surface area contributed by atoms with Gasteiger partial charge in [-0.05, 0) is 18.9 Å². The van der Waals surface area contributed by atoms with Gasteiger partial charge in [-0.3, -0.25) is 9.59 Å². The van der Waals surface area contributed by atoms with E-state index in [1.165, 1.54) is 6.92 Å². The van der Waals surface area contributed by atoms with Crippen LogP contribution in [0.3, 0.4) is 0 Å². The summed E-state index contributed by atoms with van der Waals surface area (Å²) in [5.41, 5.74) is 1.00. The summed E-state index contributed by atoms with van der Waals surface area (Å²) in [6.07, 6.45) is 1.71. The summed E-state index contributed by atoms with van der Waals surface area (Å²) in [7, 11) is 0. The lowest BCUT2D eigenvalue weighted by atomic mass is 10.0. The minimum atomic E-state index is -1.10. The number of amides is 1. The summed E-state index contributed by atoms with van der Waals surface area (Å²) < 4.78 is 0. The Labute approximate surface area is 107 Å².